The number of thioether (sulfide) groups is 1. The molecule has 0 aliphatic rings. The Bertz CT molecular complexity index is 513. The molecule has 0 saturated heterocycles. The molecule has 0 aliphatic heterocycles. The van der Waals surface area contributed by atoms with Crippen molar-refractivity contribution in [3.8, 4) is 0 Å². The number of nitrogens with two attached hydrogens (primary N) is 1. The van der Waals surface area contributed by atoms with Crippen LogP contribution in [0.5, 0.6) is 0 Å². The normalized spacial score (nSPS) is 10.8. The first-order valence-corrected chi connectivity index (χ1v) is 7.28. The lowest BCUT2D eigenvalue weighted by molar-refractivity contribution is 1.16. The largest absolute Gasteiger partial charge is 0.399 e. The molecule has 0 fully saturated rings. The summed E-state index contributed by atoms with van der Waals surface area (Å²) in [4.78, 5) is 7.14. The van der Waals surface area contributed by atoms with Gasteiger partial charge in [-0.25, -0.2) is 4.98 Å². The molecule has 0 amide bonds. The van der Waals surface area contributed by atoms with Gasteiger partial charge in [0.05, 0.1) is 11.4 Å². The second-order valence-corrected chi connectivity index (χ2v) is 6.37. The fourth-order valence-corrected chi connectivity index (χ4v) is 3.51. The topological polar surface area (TPSA) is 38.9 Å². The molecule has 17 heavy (non-hydrogen) atoms. The predicted molar refractivity (Wildman–Crippen MR) is 76.7 cm³/mol. The molecular weight excluding hydrogens is 248 g/mol. The van der Waals surface area contributed by atoms with Gasteiger partial charge < -0.3 is 5.73 Å². The SMILES string of the molecule is Cc1cc(N)ccc1SCc1nc(C)c(C)s1. The van der Waals surface area contributed by atoms with Crippen LogP contribution in [0.4, 0.5) is 5.69 Å². The number of anilines is 1. The number of aromatic nitrogens is 1. The van der Waals surface area contributed by atoms with Crippen LogP contribution in [-0.4, -0.2) is 4.98 Å². The van der Waals surface area contributed by atoms with Gasteiger partial charge in [0.25, 0.3) is 0 Å². The molecule has 0 spiro atoms. The van der Waals surface area contributed by atoms with Gasteiger partial charge in [0.1, 0.15) is 5.01 Å². The molecule has 1 aromatic carbocycles. The number of thiazole rings is 1. The molecule has 0 saturated carbocycles. The molecule has 0 atom stereocenters. The maximum absolute atomic E-state index is 5.74. The highest BCUT2D eigenvalue weighted by Gasteiger charge is 2.05. The van der Waals surface area contributed by atoms with Crippen LogP contribution >= 0.6 is 23.1 Å². The lowest BCUT2D eigenvalue weighted by atomic mass is 10.2. The number of benzene rings is 1. The number of hydrogen-bond acceptors (Lipinski definition) is 4. The minimum atomic E-state index is 0.827. The van der Waals surface area contributed by atoms with Gasteiger partial charge in [-0.05, 0) is 44.5 Å². The van der Waals surface area contributed by atoms with Crippen molar-refractivity contribution in [3.63, 3.8) is 0 Å². The zero-order valence-corrected chi connectivity index (χ0v) is 11.9. The first-order valence-electron chi connectivity index (χ1n) is 5.48. The molecule has 2 rings (SSSR count). The maximum atomic E-state index is 5.74. The summed E-state index contributed by atoms with van der Waals surface area (Å²) >= 11 is 3.61. The summed E-state index contributed by atoms with van der Waals surface area (Å²) < 4.78 is 0. The molecule has 2 N–H and O–H groups in total. The number of hydrogen-bond donors (Lipinski definition) is 1. The Morgan fingerprint density at radius 3 is 2.65 bits per heavy atom. The van der Waals surface area contributed by atoms with E-state index >= 15 is 0 Å². The number of aryl methyl sites for hydroxylation is 3. The van der Waals surface area contributed by atoms with Gasteiger partial charge in [0, 0.05) is 15.5 Å². The molecule has 2 aromatic rings. The van der Waals surface area contributed by atoms with E-state index in [0.717, 1.165) is 17.1 Å². The number of rotatable bonds is 3. The van der Waals surface area contributed by atoms with E-state index in [9.17, 15) is 0 Å². The smallest absolute Gasteiger partial charge is 0.103 e. The standard InChI is InChI=1S/C13H16N2S2/c1-8-6-11(14)4-5-12(8)16-7-13-15-9(2)10(3)17-13/h4-6H,7,14H2,1-3H3. The van der Waals surface area contributed by atoms with Gasteiger partial charge >= 0.3 is 0 Å². The maximum Gasteiger partial charge on any atom is 0.103 e. The van der Waals surface area contributed by atoms with Gasteiger partial charge in [-0.1, -0.05) is 0 Å². The van der Waals surface area contributed by atoms with Gasteiger partial charge in [-0.2, -0.15) is 0 Å². The molecule has 1 heterocycles. The average molecular weight is 264 g/mol. The van der Waals surface area contributed by atoms with E-state index in [4.69, 9.17) is 5.73 Å². The molecule has 90 valence electrons. The van der Waals surface area contributed by atoms with Gasteiger partial charge in [-0.3, -0.25) is 0 Å². The third-order valence-electron chi connectivity index (χ3n) is 2.62. The fraction of sp³-hybridized carbons (Fsp3) is 0.308. The number of nitrogen functional groups attached to an aromatic ring is 1. The van der Waals surface area contributed by atoms with E-state index in [-0.39, 0.29) is 0 Å². The Hall–Kier alpha value is -1.00. The molecule has 2 nitrogen and oxygen atoms in total. The highest BCUT2D eigenvalue weighted by atomic mass is 32.2. The van der Waals surface area contributed by atoms with Crippen molar-refractivity contribution in [3.05, 3.63) is 39.3 Å². The first kappa shape index (κ1) is 12.5. The summed E-state index contributed by atoms with van der Waals surface area (Å²) in [7, 11) is 0. The monoisotopic (exact) mass is 264 g/mol. The van der Waals surface area contributed by atoms with Gasteiger partial charge in [0.15, 0.2) is 0 Å². The molecule has 0 radical (unpaired) electrons. The van der Waals surface area contributed by atoms with Crippen molar-refractivity contribution in [2.75, 3.05) is 5.73 Å². The molecule has 0 aliphatic carbocycles. The molecule has 0 bridgehead atoms. The summed E-state index contributed by atoms with van der Waals surface area (Å²) in [5.41, 5.74) is 8.95. The quantitative estimate of drug-likeness (QED) is 0.674. The summed E-state index contributed by atoms with van der Waals surface area (Å²) in [6.45, 7) is 6.28. The number of nitrogens with zero attached hydrogens (tertiary/aromatic N) is 1. The van der Waals surface area contributed by atoms with Crippen molar-refractivity contribution >= 4 is 28.8 Å². The summed E-state index contributed by atoms with van der Waals surface area (Å²) in [5.74, 6) is 0.935. The third-order valence-corrected chi connectivity index (χ3v) is 5.07. The van der Waals surface area contributed by atoms with Crippen LogP contribution in [0.25, 0.3) is 0 Å². The minimum Gasteiger partial charge on any atom is -0.399 e. The predicted octanol–water partition coefficient (Wildman–Crippen LogP) is 3.94. The van der Waals surface area contributed by atoms with Crippen LogP contribution in [-0.2, 0) is 5.75 Å². The van der Waals surface area contributed by atoms with E-state index in [1.807, 2.05) is 23.9 Å². The Morgan fingerprint density at radius 1 is 1.29 bits per heavy atom. The van der Waals surface area contributed by atoms with Crippen LogP contribution in [0.1, 0.15) is 21.1 Å². The lowest BCUT2D eigenvalue weighted by Crippen LogP contribution is -1.87. The van der Waals surface area contributed by atoms with Crippen LogP contribution in [0.2, 0.25) is 0 Å². The second-order valence-electron chi connectivity index (χ2n) is 4.06. The third kappa shape index (κ3) is 3.01. The van der Waals surface area contributed by atoms with E-state index in [1.54, 1.807) is 11.3 Å². The highest BCUT2D eigenvalue weighted by molar-refractivity contribution is 7.98. The summed E-state index contributed by atoms with van der Waals surface area (Å²) in [6.07, 6.45) is 0. The van der Waals surface area contributed by atoms with Crippen molar-refractivity contribution in [2.24, 2.45) is 0 Å². The van der Waals surface area contributed by atoms with Crippen LogP contribution in [0.15, 0.2) is 23.1 Å². The lowest BCUT2D eigenvalue weighted by Gasteiger charge is -2.04. The molecular formula is C13H16N2S2. The highest BCUT2D eigenvalue weighted by Crippen LogP contribution is 2.29. The molecule has 0 unspecified atom stereocenters. The average Bonchev–Trinajstić information content (AvgIpc) is 2.57. The first-order chi connectivity index (χ1) is 8.06. The van der Waals surface area contributed by atoms with E-state index < -0.39 is 0 Å². The zero-order chi connectivity index (χ0) is 12.4. The van der Waals surface area contributed by atoms with Crippen molar-refractivity contribution < 1.29 is 0 Å². The van der Waals surface area contributed by atoms with Crippen molar-refractivity contribution in [2.45, 2.75) is 31.4 Å². The fourth-order valence-electron chi connectivity index (χ4n) is 1.57. The summed E-state index contributed by atoms with van der Waals surface area (Å²) in [6, 6.07) is 6.05. The van der Waals surface area contributed by atoms with Crippen molar-refractivity contribution in [1.29, 1.82) is 0 Å². The Morgan fingerprint density at radius 2 is 2.06 bits per heavy atom. The Labute approximate surface area is 110 Å². The summed E-state index contributed by atoms with van der Waals surface area (Å²) in [5, 5.41) is 1.20. The van der Waals surface area contributed by atoms with Crippen LogP contribution in [0, 0.1) is 20.8 Å². The van der Waals surface area contributed by atoms with Crippen LogP contribution < -0.4 is 5.73 Å². The zero-order valence-electron chi connectivity index (χ0n) is 10.3. The molecule has 1 aromatic heterocycles. The second kappa shape index (κ2) is 5.10. The van der Waals surface area contributed by atoms with Gasteiger partial charge in [-0.15, -0.1) is 23.1 Å². The Balaban J connectivity index is 2.07. The van der Waals surface area contributed by atoms with Gasteiger partial charge in [0.2, 0.25) is 0 Å². The van der Waals surface area contributed by atoms with E-state index in [0.29, 0.717) is 0 Å². The van der Waals surface area contributed by atoms with Crippen molar-refractivity contribution in [1.82, 2.24) is 4.98 Å². The minimum absolute atomic E-state index is 0.827. The Kier molecular flexibility index (Phi) is 3.74. The van der Waals surface area contributed by atoms with E-state index in [1.165, 1.54) is 20.3 Å². The molecule has 4 heteroatoms. The van der Waals surface area contributed by atoms with Crippen LogP contribution in [0.3, 0.4) is 0 Å². The van der Waals surface area contributed by atoms with E-state index in [2.05, 4.69) is 31.8 Å².